The van der Waals surface area contributed by atoms with E-state index in [1.54, 1.807) is 6.92 Å². The van der Waals surface area contributed by atoms with E-state index in [0.29, 0.717) is 0 Å². The molecule has 0 aromatic rings. The number of hydrogen-bond donors (Lipinski definition) is 1. The van der Waals surface area contributed by atoms with E-state index < -0.39 is 18.2 Å². The van der Waals surface area contributed by atoms with Crippen molar-refractivity contribution in [3.63, 3.8) is 0 Å². The number of alkyl halides is 3. The van der Waals surface area contributed by atoms with Crippen LogP contribution in [0.1, 0.15) is 6.92 Å². The fraction of sp³-hybridized carbons (Fsp3) is 0.750. The van der Waals surface area contributed by atoms with Crippen molar-refractivity contribution >= 4 is 0 Å². The van der Waals surface area contributed by atoms with Crippen LogP contribution in [0.25, 0.3) is 0 Å². The molecule has 1 N–H and O–H groups in total. The van der Waals surface area contributed by atoms with Crippen LogP contribution in [0.3, 0.4) is 0 Å². The van der Waals surface area contributed by atoms with E-state index in [9.17, 15) is 13.2 Å². The van der Waals surface area contributed by atoms with Crippen LogP contribution in [0.5, 0.6) is 0 Å². The van der Waals surface area contributed by atoms with Gasteiger partial charge in [-0.1, -0.05) is 13.0 Å². The second-order valence-corrected chi connectivity index (χ2v) is 3.12. The molecule has 0 amide bonds. The summed E-state index contributed by atoms with van der Waals surface area (Å²) in [6.45, 7) is 3.20. The highest BCUT2D eigenvalue weighted by Crippen LogP contribution is 2.20. The summed E-state index contributed by atoms with van der Waals surface area (Å²) in [7, 11) is 0. The third-order valence-corrected chi connectivity index (χ3v) is 1.55. The summed E-state index contributed by atoms with van der Waals surface area (Å²) in [5.74, 6) is 0. The number of rotatable bonds is 5. The van der Waals surface area contributed by atoms with Crippen molar-refractivity contribution in [1.82, 2.24) is 0 Å². The maximum Gasteiger partial charge on any atom is 0.411 e. The lowest BCUT2D eigenvalue weighted by molar-refractivity contribution is -0.179. The number of halogens is 3. The minimum Gasteiger partial charge on any atom is -0.395 e. The van der Waals surface area contributed by atoms with Crippen LogP contribution in [0.15, 0.2) is 12.7 Å². The molecule has 0 saturated carbocycles. The van der Waals surface area contributed by atoms with Crippen LogP contribution in [0, 0.1) is 5.41 Å². The molecule has 1 atom stereocenters. The first-order chi connectivity index (χ1) is 5.83. The van der Waals surface area contributed by atoms with Gasteiger partial charge >= 0.3 is 6.18 Å². The summed E-state index contributed by atoms with van der Waals surface area (Å²) in [6, 6.07) is 0. The molecule has 13 heavy (non-hydrogen) atoms. The van der Waals surface area contributed by atoms with Crippen molar-refractivity contribution in [3.05, 3.63) is 12.7 Å². The van der Waals surface area contributed by atoms with E-state index in [-0.39, 0.29) is 13.2 Å². The number of aliphatic hydroxyl groups is 1. The standard InChI is InChI=1S/C8H13F3O2/c1-3-7(2,4-12)5-13-6-8(9,10)11/h3,12H,1,4-6H2,2H3. The minimum absolute atomic E-state index is 0.188. The Morgan fingerprint density at radius 2 is 1.92 bits per heavy atom. The number of aliphatic hydroxyl groups excluding tert-OH is 1. The summed E-state index contributed by atoms with van der Waals surface area (Å²) in [5.41, 5.74) is -0.800. The highest BCUT2D eigenvalue weighted by molar-refractivity contribution is 4.90. The normalized spacial score (nSPS) is 16.7. The molecule has 0 heterocycles. The zero-order chi connectivity index (χ0) is 10.5. The van der Waals surface area contributed by atoms with E-state index in [0.717, 1.165) is 0 Å². The smallest absolute Gasteiger partial charge is 0.395 e. The van der Waals surface area contributed by atoms with Crippen molar-refractivity contribution in [1.29, 1.82) is 0 Å². The highest BCUT2D eigenvalue weighted by atomic mass is 19.4. The Labute approximate surface area is 75.0 Å². The highest BCUT2D eigenvalue weighted by Gasteiger charge is 2.29. The van der Waals surface area contributed by atoms with Gasteiger partial charge in [0.15, 0.2) is 0 Å². The van der Waals surface area contributed by atoms with E-state index in [4.69, 9.17) is 5.11 Å². The minimum atomic E-state index is -4.32. The first-order valence-electron chi connectivity index (χ1n) is 3.72. The molecular weight excluding hydrogens is 185 g/mol. The van der Waals surface area contributed by atoms with Crippen molar-refractivity contribution in [2.24, 2.45) is 5.41 Å². The molecule has 0 aliphatic carbocycles. The summed E-state index contributed by atoms with van der Waals surface area (Å²) < 4.78 is 39.3. The van der Waals surface area contributed by atoms with Crippen molar-refractivity contribution < 1.29 is 23.0 Å². The fourth-order valence-corrected chi connectivity index (χ4v) is 0.569. The van der Waals surface area contributed by atoms with Crippen LogP contribution in [-0.2, 0) is 4.74 Å². The third-order valence-electron chi connectivity index (χ3n) is 1.55. The Kier molecular flexibility index (Phi) is 4.43. The largest absolute Gasteiger partial charge is 0.411 e. The van der Waals surface area contributed by atoms with Crippen molar-refractivity contribution in [2.45, 2.75) is 13.1 Å². The van der Waals surface area contributed by atoms with Gasteiger partial charge in [-0.15, -0.1) is 6.58 Å². The Morgan fingerprint density at radius 1 is 1.38 bits per heavy atom. The third kappa shape index (κ3) is 5.65. The van der Waals surface area contributed by atoms with E-state index in [1.807, 2.05) is 0 Å². The van der Waals surface area contributed by atoms with Gasteiger partial charge in [-0.25, -0.2) is 0 Å². The molecule has 0 bridgehead atoms. The van der Waals surface area contributed by atoms with Crippen LogP contribution in [0.4, 0.5) is 13.2 Å². The van der Waals surface area contributed by atoms with Crippen LogP contribution in [0.2, 0.25) is 0 Å². The topological polar surface area (TPSA) is 29.5 Å². The molecule has 0 aromatic carbocycles. The maximum atomic E-state index is 11.6. The fourth-order valence-electron chi connectivity index (χ4n) is 0.569. The molecule has 0 aliphatic heterocycles. The summed E-state index contributed by atoms with van der Waals surface area (Å²) >= 11 is 0. The van der Waals surface area contributed by atoms with Gasteiger partial charge in [-0.2, -0.15) is 13.2 Å². The second-order valence-electron chi connectivity index (χ2n) is 3.12. The van der Waals surface area contributed by atoms with Gasteiger partial charge in [-0.3, -0.25) is 0 Å². The number of ether oxygens (including phenoxy) is 1. The average Bonchev–Trinajstić information content (AvgIpc) is 2.02. The average molecular weight is 198 g/mol. The molecule has 78 valence electrons. The van der Waals surface area contributed by atoms with Crippen LogP contribution < -0.4 is 0 Å². The predicted octanol–water partition coefficient (Wildman–Crippen LogP) is 1.75. The number of hydrogen-bond acceptors (Lipinski definition) is 2. The molecule has 0 aliphatic rings. The summed E-state index contributed by atoms with van der Waals surface area (Å²) in [6.07, 6.45) is -2.94. The Hall–Kier alpha value is -0.550. The molecule has 0 rings (SSSR count). The zero-order valence-corrected chi connectivity index (χ0v) is 7.40. The van der Waals surface area contributed by atoms with Gasteiger partial charge in [0, 0.05) is 5.41 Å². The summed E-state index contributed by atoms with van der Waals surface area (Å²) in [5, 5.41) is 8.78. The predicted molar refractivity (Wildman–Crippen MR) is 42.3 cm³/mol. The zero-order valence-electron chi connectivity index (χ0n) is 7.40. The van der Waals surface area contributed by atoms with Crippen molar-refractivity contribution in [2.75, 3.05) is 19.8 Å². The van der Waals surface area contributed by atoms with Gasteiger partial charge in [0.05, 0.1) is 13.2 Å². The lowest BCUT2D eigenvalue weighted by atomic mass is 9.94. The maximum absolute atomic E-state index is 11.6. The Bertz CT molecular complexity index is 167. The Balaban J connectivity index is 3.81. The molecular formula is C8H13F3O2. The lowest BCUT2D eigenvalue weighted by Crippen LogP contribution is -2.28. The van der Waals surface area contributed by atoms with Gasteiger partial charge in [0.25, 0.3) is 0 Å². The summed E-state index contributed by atoms with van der Waals surface area (Å²) in [4.78, 5) is 0. The van der Waals surface area contributed by atoms with E-state index in [2.05, 4.69) is 11.3 Å². The first-order valence-corrected chi connectivity index (χ1v) is 3.72. The second kappa shape index (κ2) is 4.62. The van der Waals surface area contributed by atoms with Crippen LogP contribution >= 0.6 is 0 Å². The lowest BCUT2D eigenvalue weighted by Gasteiger charge is -2.22. The molecule has 2 nitrogen and oxygen atoms in total. The molecule has 5 heteroatoms. The van der Waals surface area contributed by atoms with Gasteiger partial charge in [0.2, 0.25) is 0 Å². The quantitative estimate of drug-likeness (QED) is 0.682. The molecule has 0 saturated heterocycles. The van der Waals surface area contributed by atoms with Gasteiger partial charge < -0.3 is 9.84 Å². The van der Waals surface area contributed by atoms with Crippen LogP contribution in [-0.4, -0.2) is 31.1 Å². The molecule has 0 aromatic heterocycles. The molecule has 1 unspecified atom stereocenters. The molecule has 0 radical (unpaired) electrons. The SMILES string of the molecule is C=CC(C)(CO)COCC(F)(F)F. The van der Waals surface area contributed by atoms with Gasteiger partial charge in [0.1, 0.15) is 6.61 Å². The van der Waals surface area contributed by atoms with Crippen molar-refractivity contribution in [3.8, 4) is 0 Å². The monoisotopic (exact) mass is 198 g/mol. The van der Waals surface area contributed by atoms with E-state index in [1.165, 1.54) is 6.08 Å². The van der Waals surface area contributed by atoms with E-state index >= 15 is 0 Å². The van der Waals surface area contributed by atoms with Gasteiger partial charge in [-0.05, 0) is 0 Å². The first kappa shape index (κ1) is 12.4. The molecule has 0 fully saturated rings. The Morgan fingerprint density at radius 3 is 2.23 bits per heavy atom. The molecule has 0 spiro atoms.